The quantitative estimate of drug-likeness (QED) is 0.567. The minimum atomic E-state index is 0.619. The Morgan fingerprint density at radius 3 is 1.35 bits per heavy atom. The van der Waals surface area contributed by atoms with E-state index in [1.54, 1.807) is 0 Å². The van der Waals surface area contributed by atoms with Gasteiger partial charge in [0, 0.05) is 24.3 Å². The number of nitrogens with zero attached hydrogens (tertiary/aromatic N) is 2. The Hall–Kier alpha value is -2.58. The van der Waals surface area contributed by atoms with Crippen molar-refractivity contribution in [3.05, 3.63) is 60.2 Å². The van der Waals surface area contributed by atoms with E-state index in [0.717, 1.165) is 12.8 Å². The summed E-state index contributed by atoms with van der Waals surface area (Å²) in [5, 5.41) is 0. The number of pyridine rings is 2. The van der Waals surface area contributed by atoms with E-state index in [2.05, 4.69) is 36.1 Å². The van der Waals surface area contributed by atoms with Crippen molar-refractivity contribution in [3.63, 3.8) is 0 Å². The largest absolute Gasteiger partial charge is 0.208 e. The maximum absolute atomic E-state index is 5.28. The number of aryl methyl sites for hydroxylation is 2. The molecule has 0 aliphatic rings. The van der Waals surface area contributed by atoms with Gasteiger partial charge < -0.3 is 0 Å². The third-order valence-electron chi connectivity index (χ3n) is 3.17. The fraction of sp³-hybridized carbons (Fsp3) is 0.222. The Balaban J connectivity index is 1.91. The lowest BCUT2D eigenvalue weighted by Crippen LogP contribution is -2.31. The molecule has 2 aromatic heterocycles. The molecule has 98 valence electrons. The molecule has 0 spiro atoms. The number of hydrogen-bond acceptors (Lipinski definition) is 0. The molecule has 2 heteroatoms. The first-order chi connectivity index (χ1) is 9.81. The summed E-state index contributed by atoms with van der Waals surface area (Å²) in [6, 6.07) is 8.50. The van der Waals surface area contributed by atoms with Gasteiger partial charge in [0.1, 0.15) is 0 Å². The normalized spacial score (nSPS) is 9.70. The third kappa shape index (κ3) is 3.97. The van der Waals surface area contributed by atoms with E-state index >= 15 is 0 Å². The van der Waals surface area contributed by atoms with Gasteiger partial charge in [0.2, 0.25) is 13.1 Å². The molecule has 20 heavy (non-hydrogen) atoms. The van der Waals surface area contributed by atoms with Crippen LogP contribution in [-0.4, -0.2) is 0 Å². The average Bonchev–Trinajstić information content (AvgIpc) is 2.49. The van der Waals surface area contributed by atoms with Gasteiger partial charge in [-0.2, -0.15) is 9.13 Å². The second kappa shape index (κ2) is 7.12. The van der Waals surface area contributed by atoms with Crippen molar-refractivity contribution in [1.82, 2.24) is 0 Å². The van der Waals surface area contributed by atoms with Crippen LogP contribution in [0, 0.1) is 24.7 Å². The van der Waals surface area contributed by atoms with Gasteiger partial charge in [0.25, 0.3) is 0 Å². The van der Waals surface area contributed by atoms with E-state index in [4.69, 9.17) is 12.8 Å². The molecule has 0 unspecified atom stereocenters. The monoisotopic (exact) mass is 262 g/mol. The first-order valence-electron chi connectivity index (χ1n) is 6.64. The molecule has 0 N–H and O–H groups in total. The Morgan fingerprint density at radius 1 is 0.700 bits per heavy atom. The molecule has 0 aliphatic carbocycles. The number of terminal acetylenes is 2. The van der Waals surface area contributed by atoms with E-state index in [0.29, 0.717) is 13.1 Å². The van der Waals surface area contributed by atoms with Crippen molar-refractivity contribution in [2.45, 2.75) is 25.9 Å². The summed E-state index contributed by atoms with van der Waals surface area (Å²) in [7, 11) is 0. The summed E-state index contributed by atoms with van der Waals surface area (Å²) in [5.74, 6) is 5.25. The summed E-state index contributed by atoms with van der Waals surface area (Å²) in [6.07, 6.45) is 20.7. The molecule has 0 radical (unpaired) electrons. The molecule has 2 rings (SSSR count). The van der Waals surface area contributed by atoms with Crippen molar-refractivity contribution < 1.29 is 9.13 Å². The second-order valence-corrected chi connectivity index (χ2v) is 4.67. The van der Waals surface area contributed by atoms with Gasteiger partial charge in [0.05, 0.1) is 0 Å². The maximum Gasteiger partial charge on any atom is 0.208 e. The molecule has 2 heterocycles. The van der Waals surface area contributed by atoms with Gasteiger partial charge in [-0.15, -0.1) is 12.8 Å². The van der Waals surface area contributed by atoms with Gasteiger partial charge >= 0.3 is 0 Å². The summed E-state index contributed by atoms with van der Waals surface area (Å²) in [5.41, 5.74) is 2.64. The van der Waals surface area contributed by atoms with Crippen molar-refractivity contribution in [2.24, 2.45) is 0 Å². The first-order valence-corrected chi connectivity index (χ1v) is 6.64. The Labute approximate surface area is 120 Å². The molecule has 0 aliphatic heterocycles. The van der Waals surface area contributed by atoms with Crippen LogP contribution in [0.15, 0.2) is 49.1 Å². The topological polar surface area (TPSA) is 7.76 Å². The van der Waals surface area contributed by atoms with Crippen LogP contribution in [-0.2, 0) is 25.9 Å². The lowest BCUT2D eigenvalue weighted by Gasteiger charge is -2.01. The lowest BCUT2D eigenvalue weighted by atomic mass is 10.1. The Bertz CT molecular complexity index is 566. The molecule has 0 bridgehead atoms. The van der Waals surface area contributed by atoms with Gasteiger partial charge in [0.15, 0.2) is 24.8 Å². The van der Waals surface area contributed by atoms with Crippen molar-refractivity contribution in [3.8, 4) is 24.7 Å². The molecule has 0 saturated heterocycles. The van der Waals surface area contributed by atoms with Crippen LogP contribution >= 0.6 is 0 Å². The third-order valence-corrected chi connectivity index (χ3v) is 3.17. The van der Waals surface area contributed by atoms with E-state index in [1.807, 2.05) is 33.9 Å². The highest BCUT2D eigenvalue weighted by atomic mass is 14.9. The highest BCUT2D eigenvalue weighted by Crippen LogP contribution is 2.04. The Morgan fingerprint density at radius 2 is 1.05 bits per heavy atom. The molecule has 2 nitrogen and oxygen atoms in total. The second-order valence-electron chi connectivity index (χ2n) is 4.67. The molecule has 0 saturated carbocycles. The fourth-order valence-electron chi connectivity index (χ4n) is 2.02. The zero-order chi connectivity index (χ0) is 14.2. The minimum Gasteiger partial charge on any atom is -0.194 e. The number of hydrogen-bond donors (Lipinski definition) is 0. The predicted molar refractivity (Wildman–Crippen MR) is 78.3 cm³/mol. The van der Waals surface area contributed by atoms with Crippen molar-refractivity contribution >= 4 is 0 Å². The molecule has 0 amide bonds. The summed E-state index contributed by atoms with van der Waals surface area (Å²) in [4.78, 5) is 0. The average molecular weight is 262 g/mol. The molecule has 0 fully saturated rings. The Kier molecular flexibility index (Phi) is 4.93. The van der Waals surface area contributed by atoms with Gasteiger partial charge in [-0.1, -0.05) is 0 Å². The standard InChI is InChI=1S/C18H18N2/c1-3-11-19-13-7-17(8-14-19)5-6-18-9-15-20(12-4-2)16-10-18/h1-2,7-10,13-16H,5-6,11-12H2/q+2. The van der Waals surface area contributed by atoms with Crippen LogP contribution in [0.4, 0.5) is 0 Å². The summed E-state index contributed by atoms with van der Waals surface area (Å²) < 4.78 is 3.99. The highest BCUT2D eigenvalue weighted by molar-refractivity contribution is 5.14. The zero-order valence-electron chi connectivity index (χ0n) is 11.5. The minimum absolute atomic E-state index is 0.619. The van der Waals surface area contributed by atoms with E-state index in [-0.39, 0.29) is 0 Å². The zero-order valence-corrected chi connectivity index (χ0v) is 11.5. The molecule has 2 aromatic rings. The van der Waals surface area contributed by atoms with Crippen LogP contribution in [0.3, 0.4) is 0 Å². The maximum atomic E-state index is 5.28. The van der Waals surface area contributed by atoms with E-state index in [1.165, 1.54) is 11.1 Å². The summed E-state index contributed by atoms with van der Waals surface area (Å²) >= 11 is 0. The predicted octanol–water partition coefficient (Wildman–Crippen LogP) is 1.31. The van der Waals surface area contributed by atoms with Crippen LogP contribution < -0.4 is 9.13 Å². The highest BCUT2D eigenvalue weighted by Gasteiger charge is 2.02. The molecular formula is C18H18N2+2. The molecule has 0 atom stereocenters. The number of aromatic nitrogens is 2. The van der Waals surface area contributed by atoms with Gasteiger partial charge in [-0.25, -0.2) is 0 Å². The summed E-state index contributed by atoms with van der Waals surface area (Å²) in [6.45, 7) is 1.24. The first kappa shape index (κ1) is 13.8. The van der Waals surface area contributed by atoms with Crippen LogP contribution in [0.1, 0.15) is 11.1 Å². The van der Waals surface area contributed by atoms with Gasteiger partial charge in [-0.3, -0.25) is 0 Å². The lowest BCUT2D eigenvalue weighted by molar-refractivity contribution is -0.685. The van der Waals surface area contributed by atoms with Crippen LogP contribution in [0.25, 0.3) is 0 Å². The smallest absolute Gasteiger partial charge is 0.194 e. The fourth-order valence-corrected chi connectivity index (χ4v) is 2.02. The molecular weight excluding hydrogens is 244 g/mol. The van der Waals surface area contributed by atoms with Gasteiger partial charge in [-0.05, 0) is 35.8 Å². The van der Waals surface area contributed by atoms with Crippen LogP contribution in [0.5, 0.6) is 0 Å². The molecule has 0 aromatic carbocycles. The van der Waals surface area contributed by atoms with Crippen molar-refractivity contribution in [2.75, 3.05) is 0 Å². The SMILES string of the molecule is C#CC[n+]1ccc(CCc2cc[n+](CC#C)cc2)cc1. The van der Waals surface area contributed by atoms with Crippen LogP contribution in [0.2, 0.25) is 0 Å². The van der Waals surface area contributed by atoms with E-state index < -0.39 is 0 Å². The van der Waals surface area contributed by atoms with Crippen molar-refractivity contribution in [1.29, 1.82) is 0 Å². The van der Waals surface area contributed by atoms with E-state index in [9.17, 15) is 0 Å². The number of rotatable bonds is 5.